The topological polar surface area (TPSA) is 96.7 Å². The highest BCUT2D eigenvalue weighted by molar-refractivity contribution is 5.91. The Morgan fingerprint density at radius 1 is 1.77 bits per heavy atom. The van der Waals surface area contributed by atoms with Gasteiger partial charge in [-0.05, 0) is 12.3 Å². The summed E-state index contributed by atoms with van der Waals surface area (Å²) in [6.45, 7) is 2.08. The van der Waals surface area contributed by atoms with Gasteiger partial charge in [0.1, 0.15) is 0 Å². The number of amides is 1. The summed E-state index contributed by atoms with van der Waals surface area (Å²) < 4.78 is 0. The van der Waals surface area contributed by atoms with Crippen LogP contribution in [0.4, 0.5) is 5.95 Å². The fourth-order valence-corrected chi connectivity index (χ4v) is 1.14. The molecular weight excluding hydrogens is 170 g/mol. The van der Waals surface area contributed by atoms with E-state index < -0.39 is 0 Å². The van der Waals surface area contributed by atoms with E-state index in [4.69, 9.17) is 5.73 Å². The SMILES string of the molecule is CC1CC1NC(=O)c1nc(N)n[nH]1. The van der Waals surface area contributed by atoms with Crippen LogP contribution in [-0.2, 0) is 0 Å². The maximum Gasteiger partial charge on any atom is 0.288 e. The molecule has 2 atom stereocenters. The number of H-pyrrole nitrogens is 1. The van der Waals surface area contributed by atoms with Crippen LogP contribution >= 0.6 is 0 Å². The van der Waals surface area contributed by atoms with E-state index in [0.717, 1.165) is 6.42 Å². The molecule has 1 aliphatic rings. The number of rotatable bonds is 2. The zero-order valence-corrected chi connectivity index (χ0v) is 7.24. The number of anilines is 1. The molecule has 1 heterocycles. The molecule has 1 amide bonds. The van der Waals surface area contributed by atoms with E-state index in [9.17, 15) is 4.79 Å². The molecule has 0 aliphatic heterocycles. The average molecular weight is 181 g/mol. The van der Waals surface area contributed by atoms with Gasteiger partial charge in [-0.3, -0.25) is 9.89 Å². The first-order valence-corrected chi connectivity index (χ1v) is 4.15. The van der Waals surface area contributed by atoms with E-state index >= 15 is 0 Å². The van der Waals surface area contributed by atoms with Crippen molar-refractivity contribution in [2.45, 2.75) is 19.4 Å². The normalized spacial score (nSPS) is 25.6. The first kappa shape index (κ1) is 8.03. The Bertz CT molecular complexity index is 333. The van der Waals surface area contributed by atoms with Gasteiger partial charge in [-0.25, -0.2) is 0 Å². The third-order valence-electron chi connectivity index (χ3n) is 2.14. The minimum absolute atomic E-state index is 0.0917. The highest BCUT2D eigenvalue weighted by Gasteiger charge is 2.34. The minimum atomic E-state index is -0.237. The number of aromatic amines is 1. The van der Waals surface area contributed by atoms with Crippen LogP contribution in [0.3, 0.4) is 0 Å². The van der Waals surface area contributed by atoms with Crippen molar-refractivity contribution in [3.63, 3.8) is 0 Å². The van der Waals surface area contributed by atoms with Crippen molar-refractivity contribution in [1.82, 2.24) is 20.5 Å². The Labute approximate surface area is 74.9 Å². The van der Waals surface area contributed by atoms with Gasteiger partial charge in [-0.2, -0.15) is 4.98 Å². The van der Waals surface area contributed by atoms with E-state index in [1.807, 2.05) is 0 Å². The molecule has 1 aliphatic carbocycles. The smallest absolute Gasteiger partial charge is 0.288 e. The number of aromatic nitrogens is 3. The molecule has 1 aromatic heterocycles. The van der Waals surface area contributed by atoms with Crippen molar-refractivity contribution in [3.05, 3.63) is 5.82 Å². The highest BCUT2D eigenvalue weighted by atomic mass is 16.2. The summed E-state index contributed by atoms with van der Waals surface area (Å²) in [6.07, 6.45) is 1.04. The maximum absolute atomic E-state index is 11.4. The standard InChI is InChI=1S/C7H11N5O/c1-3-2-4(3)9-6(13)5-10-7(8)12-11-5/h3-4H,2H2,1H3,(H,9,13)(H3,8,10,11,12). The van der Waals surface area contributed by atoms with Gasteiger partial charge in [0.2, 0.25) is 11.8 Å². The summed E-state index contributed by atoms with van der Waals surface area (Å²) in [5.41, 5.74) is 5.26. The zero-order valence-electron chi connectivity index (χ0n) is 7.24. The number of carbonyl (C=O) groups excluding carboxylic acids is 1. The molecule has 2 rings (SSSR count). The molecule has 4 N–H and O–H groups in total. The number of nitrogens with two attached hydrogens (primary N) is 1. The fourth-order valence-electron chi connectivity index (χ4n) is 1.14. The van der Waals surface area contributed by atoms with E-state index in [1.54, 1.807) is 0 Å². The molecule has 0 bridgehead atoms. The number of nitrogen functional groups attached to an aromatic ring is 1. The molecule has 6 heteroatoms. The second kappa shape index (κ2) is 2.72. The zero-order chi connectivity index (χ0) is 9.42. The summed E-state index contributed by atoms with van der Waals surface area (Å²) >= 11 is 0. The summed E-state index contributed by atoms with van der Waals surface area (Å²) in [7, 11) is 0. The van der Waals surface area contributed by atoms with E-state index in [-0.39, 0.29) is 17.7 Å². The minimum Gasteiger partial charge on any atom is -0.366 e. The third kappa shape index (κ3) is 1.61. The van der Waals surface area contributed by atoms with Crippen molar-refractivity contribution in [2.75, 3.05) is 5.73 Å². The molecule has 6 nitrogen and oxygen atoms in total. The van der Waals surface area contributed by atoms with E-state index in [1.165, 1.54) is 0 Å². The predicted molar refractivity (Wildman–Crippen MR) is 45.8 cm³/mol. The second-order valence-corrected chi connectivity index (χ2v) is 3.34. The molecular formula is C7H11N5O. The lowest BCUT2D eigenvalue weighted by Gasteiger charge is -1.98. The molecule has 1 fully saturated rings. The molecule has 1 aromatic rings. The lowest BCUT2D eigenvalue weighted by atomic mass is 10.4. The molecule has 70 valence electrons. The van der Waals surface area contributed by atoms with Crippen LogP contribution in [-0.4, -0.2) is 27.1 Å². The van der Waals surface area contributed by atoms with Gasteiger partial charge in [0.05, 0.1) is 0 Å². The molecule has 1 saturated carbocycles. The van der Waals surface area contributed by atoms with E-state index in [2.05, 4.69) is 27.4 Å². The van der Waals surface area contributed by atoms with Crippen molar-refractivity contribution in [2.24, 2.45) is 5.92 Å². The first-order chi connectivity index (χ1) is 6.16. The summed E-state index contributed by atoms with van der Waals surface area (Å²) in [5, 5.41) is 8.83. The van der Waals surface area contributed by atoms with Gasteiger partial charge in [-0.1, -0.05) is 6.92 Å². The van der Waals surface area contributed by atoms with Gasteiger partial charge < -0.3 is 11.1 Å². The van der Waals surface area contributed by atoms with Gasteiger partial charge in [0.15, 0.2) is 0 Å². The third-order valence-corrected chi connectivity index (χ3v) is 2.14. The van der Waals surface area contributed by atoms with Crippen LogP contribution < -0.4 is 11.1 Å². The van der Waals surface area contributed by atoms with Gasteiger partial charge >= 0.3 is 0 Å². The molecule has 13 heavy (non-hydrogen) atoms. The Kier molecular flexibility index (Phi) is 1.68. The summed E-state index contributed by atoms with van der Waals surface area (Å²) in [4.78, 5) is 15.1. The van der Waals surface area contributed by atoms with Crippen LogP contribution in [0.25, 0.3) is 0 Å². The van der Waals surface area contributed by atoms with Crippen molar-refractivity contribution < 1.29 is 4.79 Å². The molecule has 0 saturated heterocycles. The number of nitrogens with zero attached hydrogens (tertiary/aromatic N) is 2. The van der Waals surface area contributed by atoms with Crippen molar-refractivity contribution in [1.29, 1.82) is 0 Å². The first-order valence-electron chi connectivity index (χ1n) is 4.15. The lowest BCUT2D eigenvalue weighted by molar-refractivity contribution is 0.0939. The molecule has 0 radical (unpaired) electrons. The Morgan fingerprint density at radius 3 is 2.92 bits per heavy atom. The van der Waals surface area contributed by atoms with Gasteiger partial charge in [-0.15, -0.1) is 5.10 Å². The fraction of sp³-hybridized carbons (Fsp3) is 0.571. The van der Waals surface area contributed by atoms with Crippen LogP contribution in [0, 0.1) is 5.92 Å². The summed E-state index contributed by atoms with van der Waals surface area (Å²) in [6, 6.07) is 0.291. The maximum atomic E-state index is 11.4. The number of hydrogen-bond acceptors (Lipinski definition) is 4. The van der Waals surface area contributed by atoms with Gasteiger partial charge in [0, 0.05) is 6.04 Å². The Hall–Kier alpha value is -1.59. The molecule has 0 spiro atoms. The quantitative estimate of drug-likeness (QED) is 0.574. The molecule has 2 unspecified atom stereocenters. The van der Waals surface area contributed by atoms with Crippen LogP contribution in [0.15, 0.2) is 0 Å². The van der Waals surface area contributed by atoms with Crippen LogP contribution in [0.2, 0.25) is 0 Å². The number of hydrogen-bond donors (Lipinski definition) is 3. The monoisotopic (exact) mass is 181 g/mol. The second-order valence-electron chi connectivity index (χ2n) is 3.34. The van der Waals surface area contributed by atoms with Gasteiger partial charge in [0.25, 0.3) is 5.91 Å². The summed E-state index contributed by atoms with van der Waals surface area (Å²) in [5.74, 6) is 0.605. The van der Waals surface area contributed by atoms with Crippen molar-refractivity contribution >= 4 is 11.9 Å². The van der Waals surface area contributed by atoms with E-state index in [0.29, 0.717) is 12.0 Å². The van der Waals surface area contributed by atoms with Crippen molar-refractivity contribution in [3.8, 4) is 0 Å². The Balaban J connectivity index is 1.97. The predicted octanol–water partition coefficient (Wildman–Crippen LogP) is -0.475. The lowest BCUT2D eigenvalue weighted by Crippen LogP contribution is -2.27. The number of nitrogens with one attached hydrogen (secondary N) is 2. The largest absolute Gasteiger partial charge is 0.366 e. The van der Waals surface area contributed by atoms with Crippen LogP contribution in [0.1, 0.15) is 24.0 Å². The highest BCUT2D eigenvalue weighted by Crippen LogP contribution is 2.28. The average Bonchev–Trinajstić information content (AvgIpc) is 2.62. The molecule has 0 aromatic carbocycles. The number of carbonyl (C=O) groups is 1. The van der Waals surface area contributed by atoms with Crippen LogP contribution in [0.5, 0.6) is 0 Å². The Morgan fingerprint density at radius 2 is 2.46 bits per heavy atom.